The number of rotatable bonds is 7. The van der Waals surface area contributed by atoms with Gasteiger partial charge in [0.05, 0.1) is 13.2 Å². The van der Waals surface area contributed by atoms with Crippen LogP contribution in [0.3, 0.4) is 0 Å². The second-order valence-electron chi connectivity index (χ2n) is 4.66. The van der Waals surface area contributed by atoms with E-state index in [1.807, 2.05) is 13.8 Å². The molecule has 0 fully saturated rings. The van der Waals surface area contributed by atoms with Gasteiger partial charge in [0.1, 0.15) is 0 Å². The molecule has 0 aromatic carbocycles. The van der Waals surface area contributed by atoms with Gasteiger partial charge in [-0.2, -0.15) is 0 Å². The first-order valence-electron chi connectivity index (χ1n) is 6.15. The quantitative estimate of drug-likeness (QED) is 0.805. The molecule has 7 heteroatoms. The summed E-state index contributed by atoms with van der Waals surface area (Å²) in [5.41, 5.74) is -0.412. The van der Waals surface area contributed by atoms with Gasteiger partial charge in [-0.15, -0.1) is 0 Å². The topological polar surface area (TPSA) is 58.4 Å². The molecule has 0 amide bonds. The van der Waals surface area contributed by atoms with E-state index in [0.717, 1.165) is 4.90 Å². The highest BCUT2D eigenvalue weighted by molar-refractivity contribution is 5.35. The minimum absolute atomic E-state index is 0.0434. The number of alkyl halides is 2. The summed E-state index contributed by atoms with van der Waals surface area (Å²) in [6, 6.07) is 0. The van der Waals surface area contributed by atoms with Crippen LogP contribution >= 0.6 is 0 Å². The van der Waals surface area contributed by atoms with E-state index in [2.05, 4.69) is 4.98 Å². The summed E-state index contributed by atoms with van der Waals surface area (Å²) in [6.45, 7) is 3.43. The van der Waals surface area contributed by atoms with Crippen molar-refractivity contribution in [3.05, 3.63) is 22.7 Å². The van der Waals surface area contributed by atoms with E-state index in [0.29, 0.717) is 6.54 Å². The maximum atomic E-state index is 12.5. The Bertz CT molecular complexity index is 449. The second-order valence-corrected chi connectivity index (χ2v) is 4.66. The number of aromatic nitrogens is 2. The lowest BCUT2D eigenvalue weighted by molar-refractivity contribution is 0.152. The zero-order chi connectivity index (χ0) is 14.4. The van der Waals surface area contributed by atoms with Crippen LogP contribution in [0.1, 0.15) is 13.8 Å². The molecule has 1 aromatic rings. The molecule has 0 aliphatic heterocycles. The first-order chi connectivity index (χ1) is 8.95. The van der Waals surface area contributed by atoms with E-state index in [4.69, 9.17) is 5.11 Å². The number of hydrogen-bond donors (Lipinski definition) is 1. The lowest BCUT2D eigenvalue weighted by Crippen LogP contribution is -2.38. The summed E-state index contributed by atoms with van der Waals surface area (Å²) in [7, 11) is 0. The van der Waals surface area contributed by atoms with E-state index < -0.39 is 18.5 Å². The molecule has 1 aromatic heterocycles. The standard InChI is InChI=1S/C12H19F2N3O2/c1-9(2)7-17-4-3-15-11(12(17)19)16(5-6-18)8-10(13)14/h3-4,9-10,18H,5-8H2,1-2H3. The average molecular weight is 275 g/mol. The lowest BCUT2D eigenvalue weighted by atomic mass is 10.2. The van der Waals surface area contributed by atoms with E-state index in [-0.39, 0.29) is 24.9 Å². The summed E-state index contributed by atoms with van der Waals surface area (Å²) in [5.74, 6) is 0.215. The van der Waals surface area contributed by atoms with Crippen LogP contribution in [0.5, 0.6) is 0 Å². The van der Waals surface area contributed by atoms with Crippen LogP contribution in [0.15, 0.2) is 17.2 Å². The fourth-order valence-electron chi connectivity index (χ4n) is 1.76. The predicted molar refractivity (Wildman–Crippen MR) is 68.6 cm³/mol. The molecule has 108 valence electrons. The first-order valence-corrected chi connectivity index (χ1v) is 6.15. The Kier molecular flexibility index (Phi) is 5.88. The molecule has 0 aliphatic carbocycles. The summed E-state index contributed by atoms with van der Waals surface area (Å²) in [5, 5.41) is 8.89. The van der Waals surface area contributed by atoms with E-state index >= 15 is 0 Å². The van der Waals surface area contributed by atoms with Gasteiger partial charge in [-0.1, -0.05) is 13.8 Å². The molecule has 5 nitrogen and oxygen atoms in total. The third-order valence-electron chi connectivity index (χ3n) is 2.49. The predicted octanol–water partition coefficient (Wildman–Crippen LogP) is 0.963. The van der Waals surface area contributed by atoms with Crippen LogP contribution in [-0.4, -0.2) is 40.8 Å². The van der Waals surface area contributed by atoms with Crippen molar-refractivity contribution in [2.75, 3.05) is 24.6 Å². The van der Waals surface area contributed by atoms with Crippen molar-refractivity contribution in [1.82, 2.24) is 9.55 Å². The summed E-state index contributed by atoms with van der Waals surface area (Å²) < 4.78 is 26.4. The Morgan fingerprint density at radius 1 is 1.47 bits per heavy atom. The minimum Gasteiger partial charge on any atom is -0.395 e. The van der Waals surface area contributed by atoms with Gasteiger partial charge >= 0.3 is 0 Å². The molecular formula is C12H19F2N3O2. The average Bonchev–Trinajstić information content (AvgIpc) is 2.30. The molecule has 1 N–H and O–H groups in total. The van der Waals surface area contributed by atoms with E-state index in [9.17, 15) is 13.6 Å². The Morgan fingerprint density at radius 2 is 2.16 bits per heavy atom. The zero-order valence-corrected chi connectivity index (χ0v) is 11.1. The number of aliphatic hydroxyl groups excluding tert-OH is 1. The molecule has 0 spiro atoms. The molecule has 0 saturated carbocycles. The SMILES string of the molecule is CC(C)Cn1ccnc(N(CCO)CC(F)F)c1=O. The fraction of sp³-hybridized carbons (Fsp3) is 0.667. The summed E-state index contributed by atoms with van der Waals surface area (Å²) in [4.78, 5) is 17.1. The maximum absolute atomic E-state index is 12.5. The van der Waals surface area contributed by atoms with Gasteiger partial charge in [-0.05, 0) is 5.92 Å². The van der Waals surface area contributed by atoms with Crippen molar-refractivity contribution in [3.63, 3.8) is 0 Å². The number of halogens is 2. The Hall–Kier alpha value is -1.50. The van der Waals surface area contributed by atoms with Crippen LogP contribution in [0.25, 0.3) is 0 Å². The molecule has 0 radical (unpaired) electrons. The van der Waals surface area contributed by atoms with Crippen LogP contribution < -0.4 is 10.5 Å². The lowest BCUT2D eigenvalue weighted by Gasteiger charge is -2.22. The van der Waals surface area contributed by atoms with Crippen LogP contribution in [-0.2, 0) is 6.54 Å². The van der Waals surface area contributed by atoms with Crippen LogP contribution in [0.4, 0.5) is 14.6 Å². The first kappa shape index (κ1) is 15.6. The smallest absolute Gasteiger partial charge is 0.293 e. The van der Waals surface area contributed by atoms with Crippen molar-refractivity contribution in [1.29, 1.82) is 0 Å². The fourth-order valence-corrected chi connectivity index (χ4v) is 1.76. The number of anilines is 1. The monoisotopic (exact) mass is 275 g/mol. The second kappa shape index (κ2) is 7.18. The van der Waals surface area contributed by atoms with E-state index in [1.165, 1.54) is 17.0 Å². The molecule has 1 rings (SSSR count). The number of nitrogens with zero attached hydrogens (tertiary/aromatic N) is 3. The molecule has 0 atom stereocenters. The molecular weight excluding hydrogens is 256 g/mol. The minimum atomic E-state index is -2.59. The zero-order valence-electron chi connectivity index (χ0n) is 11.1. The molecule has 0 bridgehead atoms. The number of hydrogen-bond acceptors (Lipinski definition) is 4. The summed E-state index contributed by atoms with van der Waals surface area (Å²) >= 11 is 0. The van der Waals surface area contributed by atoms with Crippen molar-refractivity contribution in [2.45, 2.75) is 26.8 Å². The maximum Gasteiger partial charge on any atom is 0.293 e. The van der Waals surface area contributed by atoms with Crippen molar-refractivity contribution in [2.24, 2.45) is 5.92 Å². The summed E-state index contributed by atoms with van der Waals surface area (Å²) in [6.07, 6.45) is 0.354. The van der Waals surface area contributed by atoms with Gasteiger partial charge in [0.15, 0.2) is 5.82 Å². The van der Waals surface area contributed by atoms with Gasteiger partial charge in [0.2, 0.25) is 0 Å². The largest absolute Gasteiger partial charge is 0.395 e. The van der Waals surface area contributed by atoms with Gasteiger partial charge in [-0.25, -0.2) is 13.8 Å². The Labute approximate surface area is 110 Å². The third kappa shape index (κ3) is 4.59. The Balaban J connectivity index is 3.05. The molecule has 0 unspecified atom stereocenters. The molecule has 0 saturated heterocycles. The van der Waals surface area contributed by atoms with Crippen molar-refractivity contribution in [3.8, 4) is 0 Å². The molecule has 1 heterocycles. The third-order valence-corrected chi connectivity index (χ3v) is 2.49. The van der Waals surface area contributed by atoms with Gasteiger partial charge < -0.3 is 14.6 Å². The number of aliphatic hydroxyl groups is 1. The molecule has 0 aliphatic rings. The van der Waals surface area contributed by atoms with Crippen LogP contribution in [0, 0.1) is 5.92 Å². The highest BCUT2D eigenvalue weighted by Gasteiger charge is 2.17. The van der Waals surface area contributed by atoms with Gasteiger partial charge in [0.25, 0.3) is 12.0 Å². The van der Waals surface area contributed by atoms with Crippen LogP contribution in [0.2, 0.25) is 0 Å². The highest BCUT2D eigenvalue weighted by Crippen LogP contribution is 2.07. The normalized spacial score (nSPS) is 11.3. The van der Waals surface area contributed by atoms with Crippen molar-refractivity contribution < 1.29 is 13.9 Å². The molecule has 19 heavy (non-hydrogen) atoms. The van der Waals surface area contributed by atoms with E-state index in [1.54, 1.807) is 0 Å². The van der Waals surface area contributed by atoms with Gasteiger partial charge in [-0.3, -0.25) is 4.79 Å². The van der Waals surface area contributed by atoms with Crippen molar-refractivity contribution >= 4 is 5.82 Å². The highest BCUT2D eigenvalue weighted by atomic mass is 19.3. The Morgan fingerprint density at radius 3 is 2.68 bits per heavy atom. The van der Waals surface area contributed by atoms with Gasteiger partial charge in [0, 0.05) is 25.5 Å².